The van der Waals surface area contributed by atoms with Gasteiger partial charge in [-0.25, -0.2) is 9.78 Å². The number of hydrogen-bond donors (Lipinski definition) is 1. The van der Waals surface area contributed by atoms with Crippen LogP contribution in [0.15, 0.2) is 51.6 Å². The molecule has 0 aliphatic carbocycles. The Bertz CT molecular complexity index is 1570. The van der Waals surface area contributed by atoms with Crippen LogP contribution in [0.1, 0.15) is 36.5 Å². The molecule has 1 aromatic heterocycles. The molecule has 4 heterocycles. The molecule has 46 heavy (non-hydrogen) atoms. The molecule has 0 spiro atoms. The maximum Gasteiger partial charge on any atom is 0.373 e. The van der Waals surface area contributed by atoms with E-state index in [0.717, 1.165) is 16.9 Å². The maximum atomic E-state index is 13.5. The minimum absolute atomic E-state index is 0.0224. The number of rotatable bonds is 13. The van der Waals surface area contributed by atoms with Crippen LogP contribution in [0, 0.1) is 12.8 Å². The number of β-lactam (4-membered cyclic amide) rings is 1. The van der Waals surface area contributed by atoms with Gasteiger partial charge < -0.3 is 29.2 Å². The number of methoxy groups -OCH3 is 1. The van der Waals surface area contributed by atoms with Gasteiger partial charge >= 0.3 is 11.9 Å². The molecular formula is C30H33N5O9S2. The third-order valence-electron chi connectivity index (χ3n) is 7.31. The molecule has 3 fully saturated rings. The lowest BCUT2D eigenvalue weighted by Gasteiger charge is -2.56. The van der Waals surface area contributed by atoms with Gasteiger partial charge in [-0.05, 0) is 44.5 Å². The van der Waals surface area contributed by atoms with E-state index in [9.17, 15) is 19.2 Å². The van der Waals surface area contributed by atoms with E-state index in [1.807, 2.05) is 38.1 Å². The van der Waals surface area contributed by atoms with E-state index in [4.69, 9.17) is 23.9 Å². The van der Waals surface area contributed by atoms with Crippen LogP contribution in [-0.4, -0.2) is 88.8 Å². The predicted octanol–water partition coefficient (Wildman–Crippen LogP) is 2.55. The number of aryl methyl sites for hydroxylation is 1. The number of fused-ring (bicyclic) bond motifs is 3. The number of carbonyl (C=O) groups excluding carboxylic acids is 4. The quantitative estimate of drug-likeness (QED) is 0.0830. The number of thiazole rings is 1. The smallest absolute Gasteiger partial charge is 0.373 e. The lowest BCUT2D eigenvalue weighted by atomic mass is 9.89. The number of esters is 2. The standard InChI is InChI=1S/C30H33N5O9S2/c1-17(2)9-11-41-29(39)30-20(13-23(36)44-30)15-46-28-25(27(38)35(28)30)33-26(37)24(22-16-45-18(3)32-22)34-42-12-10-31-43-14-19-5-7-21(40-4)8-6-19/h5-10,16,20,25,28H,11-15H2,1-4H3,(H,33,37)/b31-10?,34-24-/t20-,25+,28+,30+/m0/s1. The summed E-state index contributed by atoms with van der Waals surface area (Å²) in [6, 6.07) is 6.31. The molecule has 3 aliphatic heterocycles. The summed E-state index contributed by atoms with van der Waals surface area (Å²) in [6.45, 7) is 5.58. The highest BCUT2D eigenvalue weighted by Gasteiger charge is 2.71. The predicted molar refractivity (Wildman–Crippen MR) is 168 cm³/mol. The summed E-state index contributed by atoms with van der Waals surface area (Å²) in [6.07, 6.45) is 3.03. The van der Waals surface area contributed by atoms with Crippen LogP contribution in [0.3, 0.4) is 0 Å². The van der Waals surface area contributed by atoms with E-state index in [1.54, 1.807) is 25.5 Å². The molecule has 1 aromatic carbocycles. The fourth-order valence-corrected chi connectivity index (χ4v) is 7.18. The van der Waals surface area contributed by atoms with Gasteiger partial charge in [0.05, 0.1) is 24.8 Å². The van der Waals surface area contributed by atoms with Crippen molar-refractivity contribution < 1.29 is 43.1 Å². The first kappa shape index (κ1) is 32.9. The van der Waals surface area contributed by atoms with Crippen LogP contribution >= 0.6 is 23.1 Å². The Morgan fingerprint density at radius 3 is 2.67 bits per heavy atom. The first-order valence-electron chi connectivity index (χ1n) is 14.3. The molecule has 1 N–H and O–H groups in total. The third-order valence-corrected chi connectivity index (χ3v) is 9.50. The van der Waals surface area contributed by atoms with E-state index in [-0.39, 0.29) is 37.6 Å². The number of benzene rings is 1. The summed E-state index contributed by atoms with van der Waals surface area (Å²) in [5.74, 6) is -2.19. The highest BCUT2D eigenvalue weighted by Crippen LogP contribution is 2.51. The summed E-state index contributed by atoms with van der Waals surface area (Å²) in [5.41, 5.74) is 0.0684. The van der Waals surface area contributed by atoms with Crippen molar-refractivity contribution in [2.75, 3.05) is 26.1 Å². The lowest BCUT2D eigenvalue weighted by molar-refractivity contribution is -0.218. The largest absolute Gasteiger partial charge is 0.497 e. The molecular weight excluding hydrogens is 638 g/mol. The number of carbonyl (C=O) groups is 4. The van der Waals surface area contributed by atoms with Crippen molar-refractivity contribution in [2.24, 2.45) is 16.2 Å². The van der Waals surface area contributed by atoms with Gasteiger partial charge in [-0.15, -0.1) is 23.1 Å². The molecule has 14 nitrogen and oxygen atoms in total. The van der Waals surface area contributed by atoms with Gasteiger partial charge in [-0.3, -0.25) is 19.3 Å². The molecule has 2 amide bonds. The maximum absolute atomic E-state index is 13.5. The Kier molecular flexibility index (Phi) is 10.3. The summed E-state index contributed by atoms with van der Waals surface area (Å²) < 4.78 is 16.1. The van der Waals surface area contributed by atoms with Crippen molar-refractivity contribution in [1.82, 2.24) is 15.2 Å². The summed E-state index contributed by atoms with van der Waals surface area (Å²) in [7, 11) is 1.59. The second-order valence-corrected chi connectivity index (χ2v) is 12.9. The Morgan fingerprint density at radius 2 is 1.98 bits per heavy atom. The highest BCUT2D eigenvalue weighted by atomic mass is 32.2. The molecule has 0 saturated carbocycles. The van der Waals surface area contributed by atoms with Crippen LogP contribution in [0.2, 0.25) is 0 Å². The third kappa shape index (κ3) is 6.87. The van der Waals surface area contributed by atoms with E-state index in [2.05, 4.69) is 20.6 Å². The van der Waals surface area contributed by atoms with Crippen molar-refractivity contribution in [3.8, 4) is 5.75 Å². The zero-order valence-electron chi connectivity index (χ0n) is 25.6. The molecule has 0 bridgehead atoms. The first-order chi connectivity index (χ1) is 22.1. The van der Waals surface area contributed by atoms with Crippen LogP contribution in [0.5, 0.6) is 5.75 Å². The van der Waals surface area contributed by atoms with Crippen LogP contribution in [0.4, 0.5) is 0 Å². The molecule has 3 saturated heterocycles. The molecule has 2 aromatic rings. The van der Waals surface area contributed by atoms with Gasteiger partial charge in [0, 0.05) is 17.1 Å². The fraction of sp³-hybridized carbons (Fsp3) is 0.433. The zero-order valence-corrected chi connectivity index (χ0v) is 27.2. The molecule has 0 radical (unpaired) electrons. The lowest BCUT2D eigenvalue weighted by Crippen LogP contribution is -2.80. The second kappa shape index (κ2) is 14.3. The number of allylic oxidation sites excluding steroid dienone is 1. The molecule has 0 unspecified atom stereocenters. The van der Waals surface area contributed by atoms with E-state index in [1.165, 1.54) is 34.2 Å². The van der Waals surface area contributed by atoms with Crippen LogP contribution in [0.25, 0.3) is 0 Å². The minimum atomic E-state index is -1.87. The van der Waals surface area contributed by atoms with Crippen molar-refractivity contribution in [2.45, 2.75) is 50.9 Å². The fourth-order valence-electron chi connectivity index (χ4n) is 5.02. The number of thioether (sulfide) groups is 1. The number of amides is 2. The van der Waals surface area contributed by atoms with Crippen molar-refractivity contribution in [1.29, 1.82) is 0 Å². The Morgan fingerprint density at radius 1 is 1.20 bits per heavy atom. The SMILES string of the molecule is COc1ccc(CON=CCO/N=C(\C(=O)N[C@@H]2C(=O)N3[C@@H]2SC[C@@H]2CC(=O)O[C@@]23C(=O)OCC=C(C)C)c2csc(C)n2)cc1. The second-order valence-electron chi connectivity index (χ2n) is 10.7. The minimum Gasteiger partial charge on any atom is -0.497 e. The van der Waals surface area contributed by atoms with Gasteiger partial charge in [0.15, 0.2) is 12.3 Å². The zero-order chi connectivity index (χ0) is 32.8. The van der Waals surface area contributed by atoms with Gasteiger partial charge in [0.2, 0.25) is 0 Å². The molecule has 5 rings (SSSR count). The average molecular weight is 672 g/mol. The monoisotopic (exact) mass is 671 g/mol. The topological polar surface area (TPSA) is 167 Å². The number of ether oxygens (including phenoxy) is 3. The Labute approximate surface area is 273 Å². The van der Waals surface area contributed by atoms with Gasteiger partial charge in [-0.2, -0.15) is 0 Å². The summed E-state index contributed by atoms with van der Waals surface area (Å²) in [5, 5.41) is 12.2. The molecule has 3 aliphatic rings. The highest BCUT2D eigenvalue weighted by molar-refractivity contribution is 8.00. The number of oxime groups is 2. The first-order valence-corrected chi connectivity index (χ1v) is 16.2. The summed E-state index contributed by atoms with van der Waals surface area (Å²) >= 11 is 2.66. The molecule has 4 atom stereocenters. The molecule has 16 heteroatoms. The van der Waals surface area contributed by atoms with E-state index < -0.39 is 46.8 Å². The number of hydrogen-bond acceptors (Lipinski definition) is 14. The van der Waals surface area contributed by atoms with Crippen molar-refractivity contribution >= 4 is 58.8 Å². The number of aromatic nitrogens is 1. The Hall–Kier alpha value is -4.44. The molecule has 244 valence electrons. The van der Waals surface area contributed by atoms with E-state index >= 15 is 0 Å². The van der Waals surface area contributed by atoms with Gasteiger partial charge in [-0.1, -0.05) is 28.0 Å². The number of nitrogens with one attached hydrogen (secondary N) is 1. The van der Waals surface area contributed by atoms with Gasteiger partial charge in [0.1, 0.15) is 36.1 Å². The Balaban J connectivity index is 1.23. The number of nitrogens with zero attached hydrogens (tertiary/aromatic N) is 4. The van der Waals surface area contributed by atoms with Gasteiger partial charge in [0.25, 0.3) is 17.5 Å². The normalized spacial score (nSPS) is 23.5. The average Bonchev–Trinajstić information content (AvgIpc) is 3.62. The van der Waals surface area contributed by atoms with Crippen molar-refractivity contribution in [3.05, 3.63) is 57.6 Å². The van der Waals surface area contributed by atoms with E-state index in [0.29, 0.717) is 10.8 Å². The van der Waals surface area contributed by atoms with Crippen LogP contribution in [-0.2, 0) is 44.9 Å². The van der Waals surface area contributed by atoms with Crippen molar-refractivity contribution in [3.63, 3.8) is 0 Å². The van der Waals surface area contributed by atoms with Crippen LogP contribution < -0.4 is 10.1 Å². The summed E-state index contributed by atoms with van der Waals surface area (Å²) in [4.78, 5) is 68.8.